The van der Waals surface area contributed by atoms with Crippen LogP contribution in [0, 0.1) is 0 Å². The quantitative estimate of drug-likeness (QED) is 0.532. The fourth-order valence-electron chi connectivity index (χ4n) is 3.32. The number of piperidine rings is 1. The Morgan fingerprint density at radius 2 is 1.93 bits per heavy atom. The van der Waals surface area contributed by atoms with Gasteiger partial charge in [-0.05, 0) is 51.7 Å². The molecule has 0 aromatic carbocycles. The first-order valence-corrected chi connectivity index (χ1v) is 11.2. The van der Waals surface area contributed by atoms with Crippen molar-refractivity contribution in [1.82, 2.24) is 20.4 Å². The lowest BCUT2D eigenvalue weighted by Crippen LogP contribution is -2.37. The lowest BCUT2D eigenvalue weighted by atomic mass is 10.1. The molecule has 0 atom stereocenters. The monoisotopic (exact) mass is 410 g/mol. The molecular weight excluding hydrogens is 376 g/mol. The Labute approximate surface area is 172 Å². The summed E-state index contributed by atoms with van der Waals surface area (Å²) in [7, 11) is 1.83. The van der Waals surface area contributed by atoms with Gasteiger partial charge in [-0.1, -0.05) is 25.2 Å². The van der Waals surface area contributed by atoms with Gasteiger partial charge in [-0.2, -0.15) is 0 Å². The van der Waals surface area contributed by atoms with Crippen molar-refractivity contribution in [3.05, 3.63) is 0 Å². The van der Waals surface area contributed by atoms with Crippen LogP contribution >= 0.6 is 11.3 Å². The van der Waals surface area contributed by atoms with E-state index in [1.165, 1.54) is 11.3 Å². The second-order valence-corrected chi connectivity index (χ2v) is 8.21. The average molecular weight is 411 g/mol. The van der Waals surface area contributed by atoms with Crippen molar-refractivity contribution in [2.75, 3.05) is 56.1 Å². The fourth-order valence-corrected chi connectivity index (χ4v) is 4.17. The molecule has 0 saturated carbocycles. The number of anilines is 2. The Morgan fingerprint density at radius 1 is 1.18 bits per heavy atom. The van der Waals surface area contributed by atoms with E-state index >= 15 is 0 Å². The Balaban J connectivity index is 1.72. The molecular formula is C19H34N6O2S. The zero-order valence-electron chi connectivity index (χ0n) is 17.4. The average Bonchev–Trinajstić information content (AvgIpc) is 3.16. The van der Waals surface area contributed by atoms with Crippen LogP contribution in [-0.2, 0) is 9.59 Å². The number of hydrogen-bond donors (Lipinski definition) is 1. The number of carbonyl (C=O) groups is 2. The van der Waals surface area contributed by atoms with Crippen LogP contribution < -0.4 is 15.1 Å². The van der Waals surface area contributed by atoms with E-state index in [1.807, 2.05) is 7.05 Å². The second-order valence-electron chi connectivity index (χ2n) is 7.27. The predicted octanol–water partition coefficient (Wildman–Crippen LogP) is 2.12. The first-order valence-electron chi connectivity index (χ1n) is 10.4. The van der Waals surface area contributed by atoms with Gasteiger partial charge in [0.25, 0.3) is 0 Å². The second kappa shape index (κ2) is 12.0. The van der Waals surface area contributed by atoms with Gasteiger partial charge in [0.1, 0.15) is 0 Å². The third-order valence-corrected chi connectivity index (χ3v) is 5.78. The Kier molecular flexibility index (Phi) is 9.63. The van der Waals surface area contributed by atoms with Crippen molar-refractivity contribution < 1.29 is 9.59 Å². The van der Waals surface area contributed by atoms with E-state index in [0.29, 0.717) is 29.8 Å². The topological polar surface area (TPSA) is 81.7 Å². The molecule has 1 saturated heterocycles. The standard InChI is InChI=1S/C19H34N6O2S/c1-4-11-24(12-5-2)13-8-10-20-16(26)15-23(3)18-21-22-19(28-18)25-14-7-6-9-17(25)27/h4-15H2,1-3H3,(H,20,26). The normalized spacial score (nSPS) is 14.6. The largest absolute Gasteiger partial charge is 0.355 e. The van der Waals surface area contributed by atoms with E-state index in [-0.39, 0.29) is 18.4 Å². The van der Waals surface area contributed by atoms with E-state index in [9.17, 15) is 9.59 Å². The summed E-state index contributed by atoms with van der Waals surface area (Å²) in [6.45, 7) is 9.25. The van der Waals surface area contributed by atoms with Crippen LogP contribution in [0.2, 0.25) is 0 Å². The molecule has 1 aliphatic rings. The Morgan fingerprint density at radius 3 is 2.61 bits per heavy atom. The van der Waals surface area contributed by atoms with Crippen molar-refractivity contribution in [2.45, 2.75) is 52.4 Å². The number of nitrogens with one attached hydrogen (secondary N) is 1. The Bertz CT molecular complexity index is 617. The fraction of sp³-hybridized carbons (Fsp3) is 0.789. The maximum atomic E-state index is 12.2. The van der Waals surface area contributed by atoms with Gasteiger partial charge in [-0.25, -0.2) is 0 Å². The summed E-state index contributed by atoms with van der Waals surface area (Å²) in [5.74, 6) is 0.0837. The van der Waals surface area contributed by atoms with Gasteiger partial charge in [0.2, 0.25) is 22.1 Å². The molecule has 2 rings (SSSR count). The lowest BCUT2D eigenvalue weighted by Gasteiger charge is -2.23. The number of hydrogen-bond acceptors (Lipinski definition) is 7. The number of aromatic nitrogens is 2. The minimum absolute atomic E-state index is 0.0224. The van der Waals surface area contributed by atoms with Crippen molar-refractivity contribution >= 4 is 33.4 Å². The molecule has 1 N–H and O–H groups in total. The van der Waals surface area contributed by atoms with E-state index in [0.717, 1.165) is 51.7 Å². The zero-order valence-corrected chi connectivity index (χ0v) is 18.3. The molecule has 1 aliphatic heterocycles. The van der Waals surface area contributed by atoms with Crippen molar-refractivity contribution in [3.63, 3.8) is 0 Å². The first kappa shape index (κ1) is 22.5. The molecule has 158 valence electrons. The summed E-state index contributed by atoms with van der Waals surface area (Å²) in [5, 5.41) is 12.6. The van der Waals surface area contributed by atoms with Gasteiger partial charge in [0.15, 0.2) is 0 Å². The molecule has 2 heterocycles. The highest BCUT2D eigenvalue weighted by atomic mass is 32.1. The number of rotatable bonds is 12. The smallest absolute Gasteiger partial charge is 0.239 e. The highest BCUT2D eigenvalue weighted by Gasteiger charge is 2.24. The highest BCUT2D eigenvalue weighted by Crippen LogP contribution is 2.28. The van der Waals surface area contributed by atoms with E-state index in [1.54, 1.807) is 9.80 Å². The van der Waals surface area contributed by atoms with Gasteiger partial charge in [0, 0.05) is 26.6 Å². The third-order valence-electron chi connectivity index (χ3n) is 4.72. The molecule has 1 aromatic rings. The molecule has 2 amide bonds. The van der Waals surface area contributed by atoms with Crippen LogP contribution in [0.25, 0.3) is 0 Å². The highest BCUT2D eigenvalue weighted by molar-refractivity contribution is 7.19. The van der Waals surface area contributed by atoms with Gasteiger partial charge in [-0.3, -0.25) is 14.5 Å². The molecule has 0 unspecified atom stereocenters. The SMILES string of the molecule is CCCN(CCC)CCCNC(=O)CN(C)c1nnc(N2CCCCC2=O)s1. The van der Waals surface area contributed by atoms with Crippen LogP contribution in [0.3, 0.4) is 0 Å². The van der Waals surface area contributed by atoms with Crippen LogP contribution in [-0.4, -0.2) is 73.2 Å². The van der Waals surface area contributed by atoms with E-state index in [4.69, 9.17) is 0 Å². The summed E-state index contributed by atoms with van der Waals surface area (Å²) >= 11 is 1.36. The molecule has 1 fully saturated rings. The number of amides is 2. The van der Waals surface area contributed by atoms with E-state index in [2.05, 4.69) is 34.3 Å². The summed E-state index contributed by atoms with van der Waals surface area (Å²) in [4.78, 5) is 30.2. The van der Waals surface area contributed by atoms with Gasteiger partial charge in [0.05, 0.1) is 6.54 Å². The maximum Gasteiger partial charge on any atom is 0.239 e. The summed E-state index contributed by atoms with van der Waals surface area (Å²) < 4.78 is 0. The van der Waals surface area contributed by atoms with E-state index < -0.39 is 0 Å². The molecule has 0 bridgehead atoms. The van der Waals surface area contributed by atoms with Crippen LogP contribution in [0.5, 0.6) is 0 Å². The minimum atomic E-state index is -0.0224. The van der Waals surface area contributed by atoms with Crippen molar-refractivity contribution in [1.29, 1.82) is 0 Å². The zero-order chi connectivity index (χ0) is 20.4. The van der Waals surface area contributed by atoms with Gasteiger partial charge < -0.3 is 15.1 Å². The van der Waals surface area contributed by atoms with Gasteiger partial charge >= 0.3 is 0 Å². The third kappa shape index (κ3) is 7.01. The van der Waals surface area contributed by atoms with Crippen LogP contribution in [0.15, 0.2) is 0 Å². The van der Waals surface area contributed by atoms with Crippen molar-refractivity contribution in [2.24, 2.45) is 0 Å². The molecule has 9 heteroatoms. The summed E-state index contributed by atoms with van der Waals surface area (Å²) in [6, 6.07) is 0. The Hall–Kier alpha value is -1.74. The predicted molar refractivity (Wildman–Crippen MR) is 114 cm³/mol. The lowest BCUT2D eigenvalue weighted by molar-refractivity contribution is -0.120. The maximum absolute atomic E-state index is 12.2. The summed E-state index contributed by atoms with van der Waals surface area (Å²) in [5.41, 5.74) is 0. The summed E-state index contributed by atoms with van der Waals surface area (Å²) in [6.07, 6.45) is 5.77. The molecule has 28 heavy (non-hydrogen) atoms. The molecule has 0 radical (unpaired) electrons. The number of likely N-dealkylation sites (N-methyl/N-ethyl adjacent to an activating group) is 1. The molecule has 0 aliphatic carbocycles. The van der Waals surface area contributed by atoms with Crippen molar-refractivity contribution in [3.8, 4) is 0 Å². The van der Waals surface area contributed by atoms with Gasteiger partial charge in [-0.15, -0.1) is 10.2 Å². The minimum Gasteiger partial charge on any atom is -0.355 e. The number of nitrogens with zero attached hydrogens (tertiary/aromatic N) is 5. The molecule has 0 spiro atoms. The van der Waals surface area contributed by atoms with Crippen LogP contribution in [0.4, 0.5) is 10.3 Å². The first-order chi connectivity index (χ1) is 13.5. The molecule has 1 aromatic heterocycles. The number of carbonyl (C=O) groups excluding carboxylic acids is 2. The molecule has 8 nitrogen and oxygen atoms in total. The van der Waals surface area contributed by atoms with Crippen LogP contribution in [0.1, 0.15) is 52.4 Å².